The van der Waals surface area contributed by atoms with E-state index in [0.29, 0.717) is 23.2 Å². The van der Waals surface area contributed by atoms with Crippen molar-refractivity contribution in [3.05, 3.63) is 53.5 Å². The Morgan fingerprint density at radius 1 is 1.10 bits per heavy atom. The summed E-state index contributed by atoms with van der Waals surface area (Å²) in [6, 6.07) is 11.1. The van der Waals surface area contributed by atoms with E-state index in [9.17, 15) is 4.79 Å². The Bertz CT molecular complexity index is 1020. The molecule has 0 spiro atoms. The third-order valence-electron chi connectivity index (χ3n) is 5.07. The molecule has 1 fully saturated rings. The van der Waals surface area contributed by atoms with Gasteiger partial charge in [-0.2, -0.15) is 4.98 Å². The van der Waals surface area contributed by atoms with E-state index in [1.54, 1.807) is 6.07 Å². The van der Waals surface area contributed by atoms with Crippen LogP contribution in [0.25, 0.3) is 0 Å². The van der Waals surface area contributed by atoms with Gasteiger partial charge in [-0.1, -0.05) is 5.16 Å². The van der Waals surface area contributed by atoms with Gasteiger partial charge < -0.3 is 20.1 Å². The van der Waals surface area contributed by atoms with Gasteiger partial charge in [0.2, 0.25) is 5.95 Å². The molecule has 156 valence electrons. The maximum atomic E-state index is 12.4. The highest BCUT2D eigenvalue weighted by Crippen LogP contribution is 2.40. The monoisotopic (exact) mass is 406 g/mol. The van der Waals surface area contributed by atoms with Crippen LogP contribution >= 0.6 is 0 Å². The highest BCUT2D eigenvalue weighted by atomic mass is 16.5. The fourth-order valence-electron chi connectivity index (χ4n) is 3.24. The first-order valence-corrected chi connectivity index (χ1v) is 10.3. The number of hydrogen-bond acceptors (Lipinski definition) is 7. The third kappa shape index (κ3) is 4.59. The molecule has 2 aromatic heterocycles. The van der Waals surface area contributed by atoms with Crippen molar-refractivity contribution in [1.82, 2.24) is 15.1 Å². The maximum Gasteiger partial charge on any atom is 0.277 e. The zero-order valence-electron chi connectivity index (χ0n) is 17.5. The van der Waals surface area contributed by atoms with Gasteiger partial charge in [-0.3, -0.25) is 4.79 Å². The van der Waals surface area contributed by atoms with Gasteiger partial charge in [0, 0.05) is 48.2 Å². The van der Waals surface area contributed by atoms with Gasteiger partial charge >= 0.3 is 0 Å². The fraction of sp³-hybridized carbons (Fsp3) is 0.364. The van der Waals surface area contributed by atoms with Crippen molar-refractivity contribution in [1.29, 1.82) is 0 Å². The molecule has 1 aliphatic carbocycles. The summed E-state index contributed by atoms with van der Waals surface area (Å²) in [4.78, 5) is 23.6. The van der Waals surface area contributed by atoms with E-state index in [0.717, 1.165) is 48.9 Å². The van der Waals surface area contributed by atoms with Crippen molar-refractivity contribution in [2.45, 2.75) is 39.5 Å². The van der Waals surface area contributed by atoms with Gasteiger partial charge in [-0.15, -0.1) is 0 Å². The van der Waals surface area contributed by atoms with E-state index >= 15 is 0 Å². The zero-order valence-corrected chi connectivity index (χ0v) is 17.5. The fourth-order valence-corrected chi connectivity index (χ4v) is 3.24. The molecule has 4 rings (SSSR count). The average molecular weight is 406 g/mol. The second-order valence-electron chi connectivity index (χ2n) is 7.41. The summed E-state index contributed by atoms with van der Waals surface area (Å²) in [5.74, 6) is 2.38. The number of nitrogens with zero attached hydrogens (tertiary/aromatic N) is 4. The Morgan fingerprint density at radius 2 is 1.80 bits per heavy atom. The first kappa shape index (κ1) is 19.9. The lowest BCUT2D eigenvalue weighted by Gasteiger charge is -2.20. The van der Waals surface area contributed by atoms with E-state index in [2.05, 4.69) is 44.5 Å². The van der Waals surface area contributed by atoms with Crippen LogP contribution in [-0.4, -0.2) is 34.1 Å². The van der Waals surface area contributed by atoms with Gasteiger partial charge in [0.1, 0.15) is 11.6 Å². The summed E-state index contributed by atoms with van der Waals surface area (Å²) in [6.07, 6.45) is 2.21. The molecule has 1 amide bonds. The molecule has 0 atom stereocenters. The van der Waals surface area contributed by atoms with Crippen LogP contribution in [0.4, 0.5) is 23.1 Å². The van der Waals surface area contributed by atoms with Crippen molar-refractivity contribution in [2.24, 2.45) is 0 Å². The average Bonchev–Trinajstić information content (AvgIpc) is 3.46. The van der Waals surface area contributed by atoms with E-state index in [1.807, 2.05) is 37.3 Å². The Balaban J connectivity index is 1.41. The molecule has 1 aliphatic rings. The molecule has 0 saturated heterocycles. The number of aryl methyl sites for hydroxylation is 1. The molecule has 8 heteroatoms. The second kappa shape index (κ2) is 8.52. The Hall–Kier alpha value is -3.42. The Morgan fingerprint density at radius 3 is 2.47 bits per heavy atom. The minimum absolute atomic E-state index is 0.280. The lowest BCUT2D eigenvalue weighted by atomic mass is 10.2. The number of nitrogens with one attached hydrogen (secondary N) is 2. The first-order valence-electron chi connectivity index (χ1n) is 10.3. The molecule has 0 radical (unpaired) electrons. The quantitative estimate of drug-likeness (QED) is 0.569. The van der Waals surface area contributed by atoms with E-state index < -0.39 is 0 Å². The van der Waals surface area contributed by atoms with Crippen molar-refractivity contribution in [3.63, 3.8) is 0 Å². The van der Waals surface area contributed by atoms with Gasteiger partial charge in [0.05, 0.1) is 0 Å². The van der Waals surface area contributed by atoms with Crippen LogP contribution in [0.3, 0.4) is 0 Å². The SMILES string of the molecule is CCN(CC)c1cc(C)nc(Nc2ccc(NC(=O)c3cc(C4CC4)on3)cc2)n1. The van der Waals surface area contributed by atoms with Crippen LogP contribution in [0, 0.1) is 6.92 Å². The zero-order chi connectivity index (χ0) is 21.1. The smallest absolute Gasteiger partial charge is 0.277 e. The summed E-state index contributed by atoms with van der Waals surface area (Å²) < 4.78 is 5.25. The summed E-state index contributed by atoms with van der Waals surface area (Å²) in [5.41, 5.74) is 2.71. The lowest BCUT2D eigenvalue weighted by Crippen LogP contribution is -2.23. The van der Waals surface area contributed by atoms with Crippen LogP contribution in [0.15, 0.2) is 40.9 Å². The number of hydrogen-bond donors (Lipinski definition) is 2. The molecule has 30 heavy (non-hydrogen) atoms. The number of carbonyl (C=O) groups excluding carboxylic acids is 1. The normalized spacial score (nSPS) is 13.2. The number of anilines is 4. The van der Waals surface area contributed by atoms with Crippen molar-refractivity contribution in [2.75, 3.05) is 28.6 Å². The van der Waals surface area contributed by atoms with Crippen LogP contribution in [0.1, 0.15) is 54.5 Å². The summed E-state index contributed by atoms with van der Waals surface area (Å²) >= 11 is 0. The molecule has 2 N–H and O–H groups in total. The van der Waals surface area contributed by atoms with Gasteiger partial charge in [-0.05, 0) is 57.9 Å². The number of aromatic nitrogens is 3. The Kier molecular flexibility index (Phi) is 5.65. The van der Waals surface area contributed by atoms with Crippen LogP contribution in [0.5, 0.6) is 0 Å². The molecule has 8 nitrogen and oxygen atoms in total. The predicted octanol–water partition coefficient (Wildman–Crippen LogP) is 4.49. The molecule has 1 saturated carbocycles. The van der Waals surface area contributed by atoms with Crippen molar-refractivity contribution >= 4 is 29.0 Å². The molecule has 2 heterocycles. The minimum Gasteiger partial charge on any atom is -0.360 e. The summed E-state index contributed by atoms with van der Waals surface area (Å²) in [5, 5.41) is 9.95. The molecular weight excluding hydrogens is 380 g/mol. The Labute approximate surface area is 175 Å². The largest absolute Gasteiger partial charge is 0.360 e. The van der Waals surface area contributed by atoms with E-state index in [-0.39, 0.29) is 5.91 Å². The molecule has 0 aliphatic heterocycles. The third-order valence-corrected chi connectivity index (χ3v) is 5.07. The number of rotatable bonds is 8. The highest BCUT2D eigenvalue weighted by Gasteiger charge is 2.28. The van der Waals surface area contributed by atoms with E-state index in [1.165, 1.54) is 0 Å². The number of carbonyl (C=O) groups is 1. The van der Waals surface area contributed by atoms with Crippen molar-refractivity contribution < 1.29 is 9.32 Å². The summed E-state index contributed by atoms with van der Waals surface area (Å²) in [6.45, 7) is 7.93. The minimum atomic E-state index is -0.280. The predicted molar refractivity (Wildman–Crippen MR) is 116 cm³/mol. The van der Waals surface area contributed by atoms with Crippen LogP contribution in [0.2, 0.25) is 0 Å². The summed E-state index contributed by atoms with van der Waals surface area (Å²) in [7, 11) is 0. The molecule has 0 unspecified atom stereocenters. The topological polar surface area (TPSA) is 96.2 Å². The molecule has 3 aromatic rings. The maximum absolute atomic E-state index is 12.4. The second-order valence-corrected chi connectivity index (χ2v) is 7.41. The molecule has 1 aromatic carbocycles. The highest BCUT2D eigenvalue weighted by molar-refractivity contribution is 6.02. The van der Waals surface area contributed by atoms with Crippen molar-refractivity contribution in [3.8, 4) is 0 Å². The number of benzene rings is 1. The van der Waals surface area contributed by atoms with Crippen LogP contribution < -0.4 is 15.5 Å². The van der Waals surface area contributed by atoms with Crippen LogP contribution in [-0.2, 0) is 0 Å². The van der Waals surface area contributed by atoms with Gasteiger partial charge in [0.25, 0.3) is 5.91 Å². The van der Waals surface area contributed by atoms with Gasteiger partial charge in [0.15, 0.2) is 5.69 Å². The molecular formula is C22H26N6O2. The molecule has 0 bridgehead atoms. The first-order chi connectivity index (χ1) is 14.6. The lowest BCUT2D eigenvalue weighted by molar-refractivity contribution is 0.101. The standard InChI is InChI=1S/C22H26N6O2/c1-4-28(5-2)20-12-14(3)23-22(26-20)25-17-10-8-16(9-11-17)24-21(29)18-13-19(30-27-18)15-6-7-15/h8-13,15H,4-7H2,1-3H3,(H,24,29)(H,23,25,26). The van der Waals surface area contributed by atoms with E-state index in [4.69, 9.17) is 4.52 Å². The van der Waals surface area contributed by atoms with Gasteiger partial charge in [-0.25, -0.2) is 4.98 Å². The number of amides is 1.